The van der Waals surface area contributed by atoms with Gasteiger partial charge in [0.05, 0.1) is 0 Å². The summed E-state index contributed by atoms with van der Waals surface area (Å²) in [6.07, 6.45) is 1.04. The molecular formula is C25H32N2O4. The first-order valence-corrected chi connectivity index (χ1v) is 10.7. The van der Waals surface area contributed by atoms with Crippen molar-refractivity contribution < 1.29 is 19.1 Å². The van der Waals surface area contributed by atoms with Crippen LogP contribution in [0.15, 0.2) is 48.5 Å². The highest BCUT2D eigenvalue weighted by molar-refractivity contribution is 5.98. The number of esters is 1. The molecule has 0 aliphatic carbocycles. The first kappa shape index (κ1) is 24.1. The van der Waals surface area contributed by atoms with Crippen LogP contribution in [0.1, 0.15) is 61.5 Å². The van der Waals surface area contributed by atoms with E-state index in [9.17, 15) is 14.4 Å². The highest BCUT2D eigenvalue weighted by Crippen LogP contribution is 2.20. The van der Waals surface area contributed by atoms with Gasteiger partial charge in [-0.1, -0.05) is 58.0 Å². The molecule has 31 heavy (non-hydrogen) atoms. The van der Waals surface area contributed by atoms with Gasteiger partial charge in [0.25, 0.3) is 11.8 Å². The zero-order chi connectivity index (χ0) is 23.0. The summed E-state index contributed by atoms with van der Waals surface area (Å²) in [4.78, 5) is 37.3. The van der Waals surface area contributed by atoms with Gasteiger partial charge >= 0.3 is 5.97 Å². The molecule has 2 rings (SSSR count). The zero-order valence-electron chi connectivity index (χ0n) is 18.9. The van der Waals surface area contributed by atoms with Gasteiger partial charge in [-0.25, -0.2) is 4.79 Å². The largest absolute Gasteiger partial charge is 0.454 e. The lowest BCUT2D eigenvalue weighted by atomic mass is 9.99. The van der Waals surface area contributed by atoms with Crippen LogP contribution in [0.4, 0.5) is 5.69 Å². The maximum atomic E-state index is 12.6. The van der Waals surface area contributed by atoms with Crippen molar-refractivity contribution >= 4 is 23.5 Å². The third kappa shape index (κ3) is 6.95. The third-order valence-corrected chi connectivity index (χ3v) is 5.32. The van der Waals surface area contributed by atoms with E-state index < -0.39 is 24.5 Å². The quantitative estimate of drug-likeness (QED) is 0.583. The molecule has 6 heteroatoms. The normalized spacial score (nSPS) is 12.7. The number of rotatable bonds is 9. The number of hydrogen-bond donors (Lipinski definition) is 2. The molecule has 2 atom stereocenters. The van der Waals surface area contributed by atoms with Crippen LogP contribution < -0.4 is 10.6 Å². The minimum Gasteiger partial charge on any atom is -0.454 e. The highest BCUT2D eigenvalue weighted by atomic mass is 16.5. The monoisotopic (exact) mass is 424 g/mol. The van der Waals surface area contributed by atoms with Crippen LogP contribution in [0, 0.1) is 12.8 Å². The predicted octanol–water partition coefficient (Wildman–Crippen LogP) is 4.44. The molecule has 0 aromatic heterocycles. The Kier molecular flexibility index (Phi) is 8.79. The SMILES string of the molecule is CCC(C)c1ccc(NC(=O)COC(=O)[C@@H](NC(=O)c2ccccc2C)C(C)C)cc1. The molecule has 2 aromatic rings. The van der Waals surface area contributed by atoms with Gasteiger partial charge in [0, 0.05) is 11.3 Å². The maximum Gasteiger partial charge on any atom is 0.329 e. The first-order chi connectivity index (χ1) is 14.7. The van der Waals surface area contributed by atoms with Crippen molar-refractivity contribution in [2.75, 3.05) is 11.9 Å². The van der Waals surface area contributed by atoms with Gasteiger partial charge in [0.1, 0.15) is 6.04 Å². The fourth-order valence-corrected chi connectivity index (χ4v) is 3.10. The number of anilines is 1. The number of ether oxygens (including phenoxy) is 1. The second-order valence-corrected chi connectivity index (χ2v) is 8.10. The molecule has 0 heterocycles. The number of benzene rings is 2. The van der Waals surface area contributed by atoms with E-state index in [4.69, 9.17) is 4.74 Å². The van der Waals surface area contributed by atoms with Gasteiger partial charge in [-0.05, 0) is 54.5 Å². The molecule has 2 amide bonds. The molecule has 166 valence electrons. The fraction of sp³-hybridized carbons (Fsp3) is 0.400. The predicted molar refractivity (Wildman–Crippen MR) is 122 cm³/mol. The first-order valence-electron chi connectivity index (χ1n) is 10.7. The Balaban J connectivity index is 1.91. The van der Waals surface area contributed by atoms with Crippen molar-refractivity contribution in [3.63, 3.8) is 0 Å². The lowest BCUT2D eigenvalue weighted by molar-refractivity contribution is -0.150. The summed E-state index contributed by atoms with van der Waals surface area (Å²) in [6, 6.07) is 13.9. The molecule has 0 aliphatic heterocycles. The second-order valence-electron chi connectivity index (χ2n) is 8.10. The van der Waals surface area contributed by atoms with Gasteiger partial charge in [-0.3, -0.25) is 9.59 Å². The fourth-order valence-electron chi connectivity index (χ4n) is 3.10. The summed E-state index contributed by atoms with van der Waals surface area (Å²) in [5.74, 6) is -1.17. The smallest absolute Gasteiger partial charge is 0.329 e. The maximum absolute atomic E-state index is 12.6. The minimum atomic E-state index is -0.852. The van der Waals surface area contributed by atoms with Crippen LogP contribution in [-0.2, 0) is 14.3 Å². The van der Waals surface area contributed by atoms with Crippen LogP contribution >= 0.6 is 0 Å². The summed E-state index contributed by atoms with van der Waals surface area (Å²) in [5, 5.41) is 5.44. The number of carbonyl (C=O) groups is 3. The van der Waals surface area contributed by atoms with Gasteiger partial charge in [-0.15, -0.1) is 0 Å². The number of nitrogens with one attached hydrogen (secondary N) is 2. The molecule has 2 aromatic carbocycles. The Labute approximate surface area is 184 Å². The topological polar surface area (TPSA) is 84.5 Å². The number of amides is 2. The molecule has 0 radical (unpaired) electrons. The number of aryl methyl sites for hydroxylation is 1. The van der Waals surface area contributed by atoms with E-state index in [0.29, 0.717) is 17.2 Å². The second kappa shape index (κ2) is 11.3. The van der Waals surface area contributed by atoms with Gasteiger partial charge < -0.3 is 15.4 Å². The van der Waals surface area contributed by atoms with Crippen LogP contribution in [-0.4, -0.2) is 30.4 Å². The van der Waals surface area contributed by atoms with Crippen LogP contribution in [0.3, 0.4) is 0 Å². The van der Waals surface area contributed by atoms with E-state index in [2.05, 4.69) is 24.5 Å². The van der Waals surface area contributed by atoms with Crippen molar-refractivity contribution in [3.05, 3.63) is 65.2 Å². The Bertz CT molecular complexity index is 906. The van der Waals surface area contributed by atoms with Crippen LogP contribution in [0.5, 0.6) is 0 Å². The average Bonchev–Trinajstić information content (AvgIpc) is 2.75. The summed E-state index contributed by atoms with van der Waals surface area (Å²) in [6.45, 7) is 9.30. The van der Waals surface area contributed by atoms with E-state index in [1.165, 1.54) is 5.56 Å². The zero-order valence-corrected chi connectivity index (χ0v) is 18.9. The lowest BCUT2D eigenvalue weighted by Crippen LogP contribution is -2.46. The van der Waals surface area contributed by atoms with Gasteiger partial charge in [-0.2, -0.15) is 0 Å². The van der Waals surface area contributed by atoms with Crippen LogP contribution in [0.2, 0.25) is 0 Å². The lowest BCUT2D eigenvalue weighted by Gasteiger charge is -2.21. The van der Waals surface area contributed by atoms with Crippen molar-refractivity contribution in [2.24, 2.45) is 5.92 Å². The van der Waals surface area contributed by atoms with E-state index >= 15 is 0 Å². The molecule has 0 bridgehead atoms. The van der Waals surface area contributed by atoms with Crippen molar-refractivity contribution in [3.8, 4) is 0 Å². The molecule has 0 spiro atoms. The van der Waals surface area contributed by atoms with Crippen molar-refractivity contribution in [2.45, 2.75) is 53.0 Å². The summed E-state index contributed by atoms with van der Waals surface area (Å²) >= 11 is 0. The number of carbonyl (C=O) groups excluding carboxylic acids is 3. The third-order valence-electron chi connectivity index (χ3n) is 5.32. The average molecular weight is 425 g/mol. The van der Waals surface area contributed by atoms with E-state index in [1.54, 1.807) is 12.1 Å². The molecule has 0 saturated carbocycles. The molecule has 0 saturated heterocycles. The summed E-state index contributed by atoms with van der Waals surface area (Å²) < 4.78 is 5.18. The standard InChI is InChI=1S/C25H32N2O4/c1-6-17(4)19-11-13-20(14-12-19)26-22(28)15-31-25(30)23(16(2)3)27-24(29)21-10-8-7-9-18(21)5/h7-14,16-17,23H,6,15H2,1-5H3,(H,26,28)(H,27,29)/t17?,23-/m0/s1. The summed E-state index contributed by atoms with van der Waals surface area (Å²) in [7, 11) is 0. The highest BCUT2D eigenvalue weighted by Gasteiger charge is 2.27. The Morgan fingerprint density at radius 1 is 0.968 bits per heavy atom. The van der Waals surface area contributed by atoms with Gasteiger partial charge in [0.15, 0.2) is 6.61 Å². The molecule has 1 unspecified atom stereocenters. The van der Waals surface area contributed by atoms with Crippen LogP contribution in [0.25, 0.3) is 0 Å². The Morgan fingerprint density at radius 2 is 1.61 bits per heavy atom. The van der Waals surface area contributed by atoms with E-state index in [0.717, 1.165) is 12.0 Å². The minimum absolute atomic E-state index is 0.198. The Morgan fingerprint density at radius 3 is 2.19 bits per heavy atom. The van der Waals surface area contributed by atoms with E-state index in [1.807, 2.05) is 57.2 Å². The number of hydrogen-bond acceptors (Lipinski definition) is 4. The molecule has 2 N–H and O–H groups in total. The van der Waals surface area contributed by atoms with E-state index in [-0.39, 0.29) is 11.8 Å². The molecule has 6 nitrogen and oxygen atoms in total. The molecule has 0 aliphatic rings. The Hall–Kier alpha value is -3.15. The van der Waals surface area contributed by atoms with Crippen molar-refractivity contribution in [1.29, 1.82) is 0 Å². The van der Waals surface area contributed by atoms with Crippen molar-refractivity contribution in [1.82, 2.24) is 5.32 Å². The molecule has 0 fully saturated rings. The molecular weight excluding hydrogens is 392 g/mol. The van der Waals surface area contributed by atoms with Gasteiger partial charge in [0.2, 0.25) is 0 Å². The summed E-state index contributed by atoms with van der Waals surface area (Å²) in [5.41, 5.74) is 3.16.